The highest BCUT2D eigenvalue weighted by atomic mass is 16.5. The highest BCUT2D eigenvalue weighted by Gasteiger charge is 2.25. The summed E-state index contributed by atoms with van der Waals surface area (Å²) >= 11 is 0. The van der Waals surface area contributed by atoms with Gasteiger partial charge in [-0.2, -0.15) is 0 Å². The minimum absolute atomic E-state index is 0.00583. The number of carbonyl (C=O) groups is 1. The largest absolute Gasteiger partial charge is 0.370 e. The number of rotatable bonds is 7. The van der Waals surface area contributed by atoms with Crippen molar-refractivity contribution in [2.75, 3.05) is 52.4 Å². The lowest BCUT2D eigenvalue weighted by Gasteiger charge is -2.36. The van der Waals surface area contributed by atoms with Crippen molar-refractivity contribution in [3.8, 4) is 0 Å². The van der Waals surface area contributed by atoms with Crippen molar-refractivity contribution in [3.63, 3.8) is 0 Å². The Labute approximate surface area is 180 Å². The third kappa shape index (κ3) is 6.19. The van der Waals surface area contributed by atoms with Crippen LogP contribution in [0.2, 0.25) is 0 Å². The van der Waals surface area contributed by atoms with Gasteiger partial charge in [0.05, 0.1) is 19.1 Å². The molecule has 0 radical (unpaired) electrons. The maximum absolute atomic E-state index is 11.5. The molecule has 30 heavy (non-hydrogen) atoms. The number of nitrogens with two attached hydrogens (primary N) is 1. The maximum atomic E-state index is 11.5. The van der Waals surface area contributed by atoms with Crippen molar-refractivity contribution in [2.45, 2.75) is 39.2 Å². The Bertz CT molecular complexity index is 723. The van der Waals surface area contributed by atoms with Gasteiger partial charge in [0.2, 0.25) is 5.91 Å². The van der Waals surface area contributed by atoms with Crippen LogP contribution in [0, 0.1) is 12.8 Å². The molecule has 1 amide bonds. The molecule has 2 unspecified atom stereocenters. The highest BCUT2D eigenvalue weighted by Crippen LogP contribution is 2.25. The number of benzene rings is 1. The summed E-state index contributed by atoms with van der Waals surface area (Å²) in [6.07, 6.45) is 3.02. The van der Waals surface area contributed by atoms with Crippen LogP contribution < -0.4 is 11.1 Å². The molecule has 3 rings (SSSR count). The Balaban J connectivity index is 1.53. The molecule has 7 nitrogen and oxygen atoms in total. The van der Waals surface area contributed by atoms with Crippen LogP contribution in [-0.2, 0) is 9.53 Å². The second-order valence-electron chi connectivity index (χ2n) is 8.29. The summed E-state index contributed by atoms with van der Waals surface area (Å²) in [7, 11) is 0. The van der Waals surface area contributed by atoms with Crippen molar-refractivity contribution in [1.29, 1.82) is 0 Å². The fraction of sp³-hybridized carbons (Fsp3) is 0.652. The van der Waals surface area contributed by atoms with E-state index in [1.165, 1.54) is 11.1 Å². The van der Waals surface area contributed by atoms with E-state index in [0.717, 1.165) is 71.0 Å². The third-order valence-corrected chi connectivity index (χ3v) is 6.04. The molecule has 1 aromatic carbocycles. The van der Waals surface area contributed by atoms with Crippen LogP contribution in [0.1, 0.15) is 43.4 Å². The Hall–Kier alpha value is -2.12. The van der Waals surface area contributed by atoms with Crippen molar-refractivity contribution in [1.82, 2.24) is 15.1 Å². The van der Waals surface area contributed by atoms with Gasteiger partial charge < -0.3 is 25.6 Å². The minimum Gasteiger partial charge on any atom is -0.370 e. The van der Waals surface area contributed by atoms with Gasteiger partial charge in [0.1, 0.15) is 6.10 Å². The smallest absolute Gasteiger partial charge is 0.221 e. The van der Waals surface area contributed by atoms with Crippen LogP contribution in [-0.4, -0.2) is 74.1 Å². The van der Waals surface area contributed by atoms with Crippen molar-refractivity contribution in [2.24, 2.45) is 16.6 Å². The van der Waals surface area contributed by atoms with Crippen molar-refractivity contribution in [3.05, 3.63) is 35.4 Å². The number of aryl methyl sites for hydroxylation is 1. The Morgan fingerprint density at radius 1 is 1.30 bits per heavy atom. The second kappa shape index (κ2) is 11.3. The van der Waals surface area contributed by atoms with E-state index in [1.807, 2.05) is 0 Å². The van der Waals surface area contributed by atoms with Gasteiger partial charge in [-0.15, -0.1) is 0 Å². The molecule has 0 saturated carbocycles. The summed E-state index contributed by atoms with van der Waals surface area (Å²) in [4.78, 5) is 21.0. The van der Waals surface area contributed by atoms with Crippen LogP contribution in [0.25, 0.3) is 0 Å². The predicted molar refractivity (Wildman–Crippen MR) is 120 cm³/mol. The van der Waals surface area contributed by atoms with Gasteiger partial charge in [-0.05, 0) is 57.3 Å². The lowest BCUT2D eigenvalue weighted by atomic mass is 9.97. The molecule has 2 fully saturated rings. The maximum Gasteiger partial charge on any atom is 0.221 e. The van der Waals surface area contributed by atoms with E-state index in [-0.39, 0.29) is 17.9 Å². The Morgan fingerprint density at radius 2 is 2.13 bits per heavy atom. The quantitative estimate of drug-likeness (QED) is 0.404. The molecule has 2 heterocycles. The number of amides is 1. The first kappa shape index (κ1) is 22.6. The number of morpholine rings is 1. The number of ether oxygens (including phenoxy) is 1. The molecular formula is C23H37N5O2. The molecule has 7 heteroatoms. The second-order valence-corrected chi connectivity index (χ2v) is 8.29. The van der Waals surface area contributed by atoms with Crippen LogP contribution in [0.4, 0.5) is 0 Å². The summed E-state index contributed by atoms with van der Waals surface area (Å²) in [5.41, 5.74) is 8.01. The molecule has 0 spiro atoms. The molecule has 3 N–H and O–H groups in total. The highest BCUT2D eigenvalue weighted by molar-refractivity contribution is 5.80. The fourth-order valence-corrected chi connectivity index (χ4v) is 4.37. The molecule has 2 saturated heterocycles. The molecule has 0 aromatic heterocycles. The number of nitrogens with zero attached hydrogens (tertiary/aromatic N) is 3. The minimum atomic E-state index is -0.164. The molecule has 2 aliphatic rings. The van der Waals surface area contributed by atoms with E-state index in [1.54, 1.807) is 0 Å². The van der Waals surface area contributed by atoms with Gasteiger partial charge in [0.25, 0.3) is 0 Å². The summed E-state index contributed by atoms with van der Waals surface area (Å²) in [5, 5.41) is 3.44. The number of likely N-dealkylation sites (tertiary alicyclic amines) is 1. The molecule has 0 bridgehead atoms. The molecule has 0 aliphatic carbocycles. The van der Waals surface area contributed by atoms with E-state index in [2.05, 4.69) is 53.2 Å². The normalized spacial score (nSPS) is 23.4. The van der Waals surface area contributed by atoms with Gasteiger partial charge in [-0.1, -0.05) is 24.3 Å². The first-order valence-corrected chi connectivity index (χ1v) is 11.3. The van der Waals surface area contributed by atoms with E-state index < -0.39 is 0 Å². The zero-order valence-electron chi connectivity index (χ0n) is 18.5. The number of primary amides is 1. The third-order valence-electron chi connectivity index (χ3n) is 6.04. The van der Waals surface area contributed by atoms with Crippen molar-refractivity contribution < 1.29 is 9.53 Å². The van der Waals surface area contributed by atoms with Crippen LogP contribution in [0.3, 0.4) is 0 Å². The molecule has 2 atom stereocenters. The molecule has 1 aromatic rings. The zero-order valence-corrected chi connectivity index (χ0v) is 18.5. The van der Waals surface area contributed by atoms with Gasteiger partial charge in [-0.25, -0.2) is 0 Å². The summed E-state index contributed by atoms with van der Waals surface area (Å²) in [5.74, 6) is 0.807. The lowest BCUT2D eigenvalue weighted by molar-refractivity contribution is -0.123. The Morgan fingerprint density at radius 3 is 2.90 bits per heavy atom. The van der Waals surface area contributed by atoms with Gasteiger partial charge in [0, 0.05) is 26.2 Å². The van der Waals surface area contributed by atoms with E-state index in [9.17, 15) is 4.79 Å². The van der Waals surface area contributed by atoms with Crippen LogP contribution in [0.15, 0.2) is 29.3 Å². The standard InChI is InChI=1S/C23H37N5O2/c1-3-25-23(26-11-7-13-27-12-6-9-19(16-27)22(24)29)28-14-15-30-21(17-28)20-10-5-4-8-18(20)2/h4-5,8,10,19,21H,3,6-7,9,11-17H2,1-2H3,(H2,24,29)(H,25,26). The van der Waals surface area contributed by atoms with Crippen LogP contribution in [0.5, 0.6) is 0 Å². The zero-order chi connectivity index (χ0) is 21.3. The summed E-state index contributed by atoms with van der Waals surface area (Å²) in [6.45, 7) is 11.0. The van der Waals surface area contributed by atoms with Gasteiger partial charge in [0.15, 0.2) is 5.96 Å². The first-order valence-electron chi connectivity index (χ1n) is 11.3. The summed E-state index contributed by atoms with van der Waals surface area (Å²) < 4.78 is 6.07. The number of aliphatic imine (C=N–C) groups is 1. The number of nitrogens with one attached hydrogen (secondary N) is 1. The SMILES string of the molecule is CCNC(=NCCCN1CCCC(C(N)=O)C1)N1CCOC(c2ccccc2C)C1. The topological polar surface area (TPSA) is 83.2 Å². The monoisotopic (exact) mass is 415 g/mol. The van der Waals surface area contributed by atoms with Gasteiger partial charge in [-0.3, -0.25) is 9.79 Å². The lowest BCUT2D eigenvalue weighted by Crippen LogP contribution is -2.48. The molecular weight excluding hydrogens is 378 g/mol. The fourth-order valence-electron chi connectivity index (χ4n) is 4.37. The Kier molecular flexibility index (Phi) is 8.51. The average molecular weight is 416 g/mol. The molecule has 2 aliphatic heterocycles. The number of hydrogen-bond acceptors (Lipinski definition) is 4. The van der Waals surface area contributed by atoms with Crippen LogP contribution >= 0.6 is 0 Å². The average Bonchev–Trinajstić information content (AvgIpc) is 2.76. The number of piperidine rings is 1. The van der Waals surface area contributed by atoms with Gasteiger partial charge >= 0.3 is 0 Å². The number of carbonyl (C=O) groups excluding carboxylic acids is 1. The molecule has 166 valence electrons. The predicted octanol–water partition coefficient (Wildman–Crippen LogP) is 1.92. The first-order chi connectivity index (χ1) is 14.6. The number of guanidine groups is 1. The summed E-state index contributed by atoms with van der Waals surface area (Å²) in [6, 6.07) is 8.44. The van der Waals surface area contributed by atoms with E-state index in [4.69, 9.17) is 15.5 Å². The number of hydrogen-bond donors (Lipinski definition) is 2. The van der Waals surface area contributed by atoms with E-state index >= 15 is 0 Å². The van der Waals surface area contributed by atoms with Crippen molar-refractivity contribution >= 4 is 11.9 Å². The van der Waals surface area contributed by atoms with E-state index in [0.29, 0.717) is 6.61 Å².